The first kappa shape index (κ1) is 12.6. The molecule has 1 aliphatic heterocycles. The van der Waals surface area contributed by atoms with E-state index in [2.05, 4.69) is 41.8 Å². The quantitative estimate of drug-likeness (QED) is 0.734. The summed E-state index contributed by atoms with van der Waals surface area (Å²) in [7, 11) is 0. The predicted molar refractivity (Wildman–Crippen MR) is 84.0 cm³/mol. The number of nitrogens with zero attached hydrogens (tertiary/aromatic N) is 1. The van der Waals surface area contributed by atoms with Gasteiger partial charge in [0.15, 0.2) is 0 Å². The largest absolute Gasteiger partial charge is 0.296 e. The van der Waals surface area contributed by atoms with Crippen LogP contribution in [0.15, 0.2) is 36.9 Å². The molecule has 3 aliphatic rings. The van der Waals surface area contributed by atoms with Crippen molar-refractivity contribution >= 4 is 0 Å². The van der Waals surface area contributed by atoms with Gasteiger partial charge in [0.25, 0.3) is 0 Å². The molecule has 106 valence electrons. The highest BCUT2D eigenvalue weighted by atomic mass is 15.2. The molecule has 4 rings (SSSR count). The van der Waals surface area contributed by atoms with E-state index in [0.717, 1.165) is 18.5 Å². The molecule has 0 amide bonds. The number of rotatable bonds is 2. The lowest BCUT2D eigenvalue weighted by Crippen LogP contribution is -2.60. The summed E-state index contributed by atoms with van der Waals surface area (Å²) in [6.07, 6.45) is 10.4. The van der Waals surface area contributed by atoms with Gasteiger partial charge < -0.3 is 0 Å². The van der Waals surface area contributed by atoms with Crippen molar-refractivity contribution in [1.82, 2.24) is 4.90 Å². The lowest BCUT2D eigenvalue weighted by Gasteiger charge is -2.59. The van der Waals surface area contributed by atoms with Crippen LogP contribution in [0.3, 0.4) is 0 Å². The zero-order valence-corrected chi connectivity index (χ0v) is 12.4. The maximum Gasteiger partial charge on any atom is 0.0176 e. The van der Waals surface area contributed by atoms with Gasteiger partial charge in [-0.1, -0.05) is 43.2 Å². The molecule has 0 spiro atoms. The summed E-state index contributed by atoms with van der Waals surface area (Å²) < 4.78 is 0. The summed E-state index contributed by atoms with van der Waals surface area (Å²) in [4.78, 5) is 2.71. The summed E-state index contributed by atoms with van der Waals surface area (Å²) in [5, 5.41) is 0. The van der Waals surface area contributed by atoms with Gasteiger partial charge in [0.1, 0.15) is 0 Å². The van der Waals surface area contributed by atoms with Crippen molar-refractivity contribution < 1.29 is 0 Å². The third kappa shape index (κ3) is 1.65. The van der Waals surface area contributed by atoms with E-state index in [-0.39, 0.29) is 0 Å². The zero-order valence-electron chi connectivity index (χ0n) is 12.4. The molecule has 1 aromatic rings. The topological polar surface area (TPSA) is 3.24 Å². The first-order chi connectivity index (χ1) is 9.85. The van der Waals surface area contributed by atoms with Crippen molar-refractivity contribution in [3.8, 4) is 0 Å². The lowest BCUT2D eigenvalue weighted by molar-refractivity contribution is -0.00505. The van der Waals surface area contributed by atoms with E-state index in [4.69, 9.17) is 0 Å². The highest BCUT2D eigenvalue weighted by molar-refractivity contribution is 5.41. The molecule has 2 bridgehead atoms. The minimum absolute atomic E-state index is 0.509. The second kappa shape index (κ2) is 4.73. The molecule has 0 N–H and O–H groups in total. The first-order valence-electron chi connectivity index (χ1n) is 8.28. The Bertz CT molecular complexity index is 520. The van der Waals surface area contributed by atoms with E-state index in [9.17, 15) is 0 Å². The zero-order chi connectivity index (χ0) is 13.6. The second-order valence-electron chi connectivity index (χ2n) is 6.97. The monoisotopic (exact) mass is 267 g/mol. The Morgan fingerprint density at radius 1 is 1.25 bits per heavy atom. The number of fused-ring (bicyclic) bond motifs is 1. The smallest absolute Gasteiger partial charge is 0.0176 e. The SMILES string of the molecule is C=CCN1CC[C@]23CCCC[C@H]2[C@H]1Cc1ccccc13. The minimum atomic E-state index is 0.509. The minimum Gasteiger partial charge on any atom is -0.296 e. The van der Waals surface area contributed by atoms with Crippen molar-refractivity contribution in [3.05, 3.63) is 48.0 Å². The van der Waals surface area contributed by atoms with E-state index < -0.39 is 0 Å². The van der Waals surface area contributed by atoms with Crippen molar-refractivity contribution in [3.63, 3.8) is 0 Å². The van der Waals surface area contributed by atoms with Crippen LogP contribution in [0.25, 0.3) is 0 Å². The van der Waals surface area contributed by atoms with Gasteiger partial charge in [0.05, 0.1) is 0 Å². The number of likely N-dealkylation sites (tertiary alicyclic amines) is 1. The van der Waals surface area contributed by atoms with Crippen LogP contribution in [-0.2, 0) is 11.8 Å². The molecule has 0 aromatic heterocycles. The van der Waals surface area contributed by atoms with E-state index in [0.29, 0.717) is 5.41 Å². The van der Waals surface area contributed by atoms with Crippen LogP contribution in [-0.4, -0.2) is 24.0 Å². The van der Waals surface area contributed by atoms with Crippen LogP contribution in [0.4, 0.5) is 0 Å². The summed E-state index contributed by atoms with van der Waals surface area (Å²) in [6, 6.07) is 10.1. The van der Waals surface area contributed by atoms with Crippen molar-refractivity contribution in [2.45, 2.75) is 50.0 Å². The number of hydrogen-bond acceptors (Lipinski definition) is 1. The first-order valence-corrected chi connectivity index (χ1v) is 8.28. The fraction of sp³-hybridized carbons (Fsp3) is 0.579. The van der Waals surface area contributed by atoms with Crippen LogP contribution in [0, 0.1) is 5.92 Å². The molecule has 1 heterocycles. The van der Waals surface area contributed by atoms with E-state index in [1.807, 2.05) is 0 Å². The molecular formula is C19H25N. The van der Waals surface area contributed by atoms with Crippen molar-refractivity contribution in [1.29, 1.82) is 0 Å². The molecule has 2 fully saturated rings. The molecular weight excluding hydrogens is 242 g/mol. The van der Waals surface area contributed by atoms with Gasteiger partial charge in [-0.05, 0) is 49.3 Å². The average molecular weight is 267 g/mol. The Morgan fingerprint density at radius 2 is 2.15 bits per heavy atom. The fourth-order valence-electron chi connectivity index (χ4n) is 5.44. The Kier molecular flexibility index (Phi) is 2.99. The van der Waals surface area contributed by atoms with Crippen molar-refractivity contribution in [2.75, 3.05) is 13.1 Å². The van der Waals surface area contributed by atoms with E-state index >= 15 is 0 Å². The van der Waals surface area contributed by atoms with Crippen LogP contribution in [0.2, 0.25) is 0 Å². The Labute approximate surface area is 122 Å². The standard InChI is InChI=1S/C19H25N/c1-2-12-20-13-11-19-10-6-5-9-17(19)18(20)14-15-7-3-4-8-16(15)19/h2-4,7-8,17-18H,1,5-6,9-14H2/t17-,18+,19-/m0/s1. The Morgan fingerprint density at radius 3 is 3.05 bits per heavy atom. The highest BCUT2D eigenvalue weighted by Crippen LogP contribution is 2.55. The van der Waals surface area contributed by atoms with Gasteiger partial charge in [0, 0.05) is 18.0 Å². The lowest BCUT2D eigenvalue weighted by atomic mass is 9.52. The molecule has 1 saturated carbocycles. The van der Waals surface area contributed by atoms with Gasteiger partial charge in [0.2, 0.25) is 0 Å². The molecule has 1 nitrogen and oxygen atoms in total. The summed E-state index contributed by atoms with van der Waals surface area (Å²) in [5.41, 5.74) is 3.85. The molecule has 1 heteroatoms. The molecule has 0 radical (unpaired) electrons. The van der Waals surface area contributed by atoms with Gasteiger partial charge in [-0.15, -0.1) is 6.58 Å². The summed E-state index contributed by atoms with van der Waals surface area (Å²) >= 11 is 0. The van der Waals surface area contributed by atoms with Crippen LogP contribution in [0.5, 0.6) is 0 Å². The molecule has 1 saturated heterocycles. The van der Waals surface area contributed by atoms with Crippen LogP contribution < -0.4 is 0 Å². The summed E-state index contributed by atoms with van der Waals surface area (Å²) in [5.74, 6) is 0.889. The Hall–Kier alpha value is -1.08. The fourth-order valence-corrected chi connectivity index (χ4v) is 5.44. The number of piperidine rings is 1. The van der Waals surface area contributed by atoms with Gasteiger partial charge >= 0.3 is 0 Å². The molecule has 3 atom stereocenters. The van der Waals surface area contributed by atoms with Crippen LogP contribution >= 0.6 is 0 Å². The van der Waals surface area contributed by atoms with Gasteiger partial charge in [-0.3, -0.25) is 4.90 Å². The molecule has 0 unspecified atom stereocenters. The molecule has 1 aromatic carbocycles. The van der Waals surface area contributed by atoms with Crippen molar-refractivity contribution in [2.24, 2.45) is 5.92 Å². The van der Waals surface area contributed by atoms with E-state index in [1.165, 1.54) is 45.1 Å². The maximum absolute atomic E-state index is 3.97. The molecule has 2 aliphatic carbocycles. The third-order valence-electron chi connectivity index (χ3n) is 6.22. The third-order valence-corrected chi connectivity index (χ3v) is 6.22. The Balaban J connectivity index is 1.82. The van der Waals surface area contributed by atoms with Crippen LogP contribution in [0.1, 0.15) is 43.2 Å². The van der Waals surface area contributed by atoms with Gasteiger partial charge in [-0.2, -0.15) is 0 Å². The highest BCUT2D eigenvalue weighted by Gasteiger charge is 2.53. The maximum atomic E-state index is 3.97. The number of hydrogen-bond donors (Lipinski definition) is 0. The molecule has 20 heavy (non-hydrogen) atoms. The average Bonchev–Trinajstić information content (AvgIpc) is 2.50. The van der Waals surface area contributed by atoms with Gasteiger partial charge in [-0.25, -0.2) is 0 Å². The normalized spacial score (nSPS) is 36.0. The summed E-state index contributed by atoms with van der Waals surface area (Å²) in [6.45, 7) is 6.30. The predicted octanol–water partition coefficient (Wildman–Crippen LogP) is 3.93. The second-order valence-corrected chi connectivity index (χ2v) is 6.97. The number of benzene rings is 1. The van der Waals surface area contributed by atoms with E-state index in [1.54, 1.807) is 11.1 Å².